The van der Waals surface area contributed by atoms with Gasteiger partial charge in [-0.1, -0.05) is 30.3 Å². The minimum absolute atomic E-state index is 0.0381. The minimum Gasteiger partial charge on any atom is -0.350 e. The smallest absolute Gasteiger partial charge is 0.251 e. The fourth-order valence-corrected chi connectivity index (χ4v) is 3.87. The molecule has 2 aromatic carbocycles. The van der Waals surface area contributed by atoms with E-state index in [9.17, 15) is 4.79 Å². The van der Waals surface area contributed by atoms with E-state index in [2.05, 4.69) is 39.6 Å². The Morgan fingerprint density at radius 3 is 2.39 bits per heavy atom. The maximum atomic E-state index is 12.7. The first-order valence-corrected chi connectivity index (χ1v) is 9.90. The molecule has 0 aliphatic carbocycles. The summed E-state index contributed by atoms with van der Waals surface area (Å²) >= 11 is 0. The van der Waals surface area contributed by atoms with Crippen molar-refractivity contribution in [3.05, 3.63) is 83.7 Å². The van der Waals surface area contributed by atoms with Gasteiger partial charge in [-0.15, -0.1) is 0 Å². The van der Waals surface area contributed by atoms with Gasteiger partial charge in [0.2, 0.25) is 0 Å². The second-order valence-corrected chi connectivity index (χ2v) is 7.31. The zero-order valence-corrected chi connectivity index (χ0v) is 16.2. The number of likely N-dealkylation sites (tertiary alicyclic amines) is 1. The fraction of sp³-hybridized carbons (Fsp3) is 0.304. The van der Waals surface area contributed by atoms with Gasteiger partial charge in [-0.3, -0.25) is 9.69 Å². The van der Waals surface area contributed by atoms with E-state index in [0.29, 0.717) is 12.1 Å². The van der Waals surface area contributed by atoms with Gasteiger partial charge >= 0.3 is 0 Å². The highest BCUT2D eigenvalue weighted by Gasteiger charge is 2.24. The van der Waals surface area contributed by atoms with Crippen molar-refractivity contribution in [2.75, 3.05) is 19.6 Å². The van der Waals surface area contributed by atoms with Gasteiger partial charge in [0.25, 0.3) is 5.91 Å². The molecule has 144 valence electrons. The molecule has 1 fully saturated rings. The Hall–Kier alpha value is -2.92. The number of aryl methyl sites for hydroxylation is 1. The Bertz CT molecular complexity index is 911. The summed E-state index contributed by atoms with van der Waals surface area (Å²) in [5, 5.41) is 7.45. The van der Waals surface area contributed by atoms with Crippen molar-refractivity contribution < 1.29 is 4.79 Å². The standard InChI is InChI=1S/C23H26N4O/c1-18-13-14-25-27(18)21-11-9-20(10-12-21)23(28)24-17-22(26-15-5-6-16-26)19-7-3-2-4-8-19/h2-4,7-14,22H,5-6,15-17H2,1H3,(H,24,28). The van der Waals surface area contributed by atoms with E-state index in [1.165, 1.54) is 18.4 Å². The van der Waals surface area contributed by atoms with Crippen LogP contribution in [-0.2, 0) is 0 Å². The van der Waals surface area contributed by atoms with E-state index in [1.807, 2.05) is 48.0 Å². The van der Waals surface area contributed by atoms with Crippen LogP contribution in [0.1, 0.15) is 40.5 Å². The van der Waals surface area contributed by atoms with Gasteiger partial charge in [-0.2, -0.15) is 5.10 Å². The Morgan fingerprint density at radius 2 is 1.75 bits per heavy atom. The van der Waals surface area contributed by atoms with Crippen LogP contribution in [0.15, 0.2) is 66.9 Å². The van der Waals surface area contributed by atoms with E-state index >= 15 is 0 Å². The summed E-state index contributed by atoms with van der Waals surface area (Å²) in [6.07, 6.45) is 4.23. The third-order valence-corrected chi connectivity index (χ3v) is 5.43. The van der Waals surface area contributed by atoms with Gasteiger partial charge in [0.05, 0.1) is 11.7 Å². The lowest BCUT2D eigenvalue weighted by Crippen LogP contribution is -2.36. The monoisotopic (exact) mass is 374 g/mol. The van der Waals surface area contributed by atoms with E-state index in [0.717, 1.165) is 24.5 Å². The van der Waals surface area contributed by atoms with E-state index < -0.39 is 0 Å². The van der Waals surface area contributed by atoms with Gasteiger partial charge in [-0.25, -0.2) is 4.68 Å². The van der Waals surface area contributed by atoms with Crippen LogP contribution in [0.3, 0.4) is 0 Å². The van der Waals surface area contributed by atoms with Crippen molar-refractivity contribution in [3.8, 4) is 5.69 Å². The summed E-state index contributed by atoms with van der Waals surface area (Å²) in [7, 11) is 0. The van der Waals surface area contributed by atoms with Crippen molar-refractivity contribution in [2.45, 2.75) is 25.8 Å². The zero-order chi connectivity index (χ0) is 19.3. The number of carbonyl (C=O) groups is 1. The normalized spacial score (nSPS) is 15.5. The van der Waals surface area contributed by atoms with E-state index in [-0.39, 0.29) is 11.9 Å². The number of aromatic nitrogens is 2. The highest BCUT2D eigenvalue weighted by atomic mass is 16.1. The average molecular weight is 374 g/mol. The summed E-state index contributed by atoms with van der Waals surface area (Å²) in [6.45, 7) is 4.80. The summed E-state index contributed by atoms with van der Waals surface area (Å²) in [5.74, 6) is -0.0381. The van der Waals surface area contributed by atoms with E-state index in [1.54, 1.807) is 6.20 Å². The van der Waals surface area contributed by atoms with Crippen LogP contribution in [0.4, 0.5) is 0 Å². The second-order valence-electron chi connectivity index (χ2n) is 7.31. The number of nitrogens with one attached hydrogen (secondary N) is 1. The number of amides is 1. The van der Waals surface area contributed by atoms with Crippen molar-refractivity contribution in [1.82, 2.24) is 20.0 Å². The molecule has 1 amide bonds. The molecule has 0 spiro atoms. The predicted molar refractivity (Wildman–Crippen MR) is 111 cm³/mol. The molecule has 3 aromatic rings. The lowest BCUT2D eigenvalue weighted by molar-refractivity contribution is 0.0938. The molecule has 0 bridgehead atoms. The molecule has 4 rings (SSSR count). The Labute approximate surface area is 166 Å². The topological polar surface area (TPSA) is 50.2 Å². The van der Waals surface area contributed by atoms with Crippen LogP contribution < -0.4 is 5.32 Å². The van der Waals surface area contributed by atoms with Crippen LogP contribution in [-0.4, -0.2) is 40.2 Å². The third-order valence-electron chi connectivity index (χ3n) is 5.43. The molecule has 1 N–H and O–H groups in total. The minimum atomic E-state index is -0.0381. The molecule has 5 heteroatoms. The van der Waals surface area contributed by atoms with E-state index in [4.69, 9.17) is 0 Å². The molecular formula is C23H26N4O. The van der Waals surface area contributed by atoms with Crippen molar-refractivity contribution in [2.24, 2.45) is 0 Å². The fourth-order valence-electron chi connectivity index (χ4n) is 3.87. The molecule has 2 heterocycles. The maximum absolute atomic E-state index is 12.7. The quantitative estimate of drug-likeness (QED) is 0.715. The first kappa shape index (κ1) is 18.4. The SMILES string of the molecule is Cc1ccnn1-c1ccc(C(=O)NCC(c2ccccc2)N2CCCC2)cc1. The molecule has 5 nitrogen and oxygen atoms in total. The summed E-state index contributed by atoms with van der Waals surface area (Å²) < 4.78 is 1.86. The first-order chi connectivity index (χ1) is 13.7. The van der Waals surface area contributed by atoms with Crippen molar-refractivity contribution >= 4 is 5.91 Å². The Morgan fingerprint density at radius 1 is 1.04 bits per heavy atom. The number of hydrogen-bond donors (Lipinski definition) is 1. The number of nitrogens with zero attached hydrogens (tertiary/aromatic N) is 3. The predicted octanol–water partition coefficient (Wildman–Crippen LogP) is 3.75. The molecule has 0 radical (unpaired) electrons. The summed E-state index contributed by atoms with van der Waals surface area (Å²) in [6, 6.07) is 20.2. The lowest BCUT2D eigenvalue weighted by atomic mass is 10.1. The van der Waals surface area contributed by atoms with Crippen LogP contribution in [0, 0.1) is 6.92 Å². The summed E-state index contributed by atoms with van der Waals surface area (Å²) in [4.78, 5) is 15.2. The van der Waals surface area contributed by atoms with Gasteiger partial charge in [-0.05, 0) is 68.8 Å². The summed E-state index contributed by atoms with van der Waals surface area (Å²) in [5.41, 5.74) is 3.95. The van der Waals surface area contributed by atoms with Crippen LogP contribution in [0.25, 0.3) is 5.69 Å². The zero-order valence-electron chi connectivity index (χ0n) is 16.2. The number of benzene rings is 2. The second kappa shape index (κ2) is 8.40. The molecular weight excluding hydrogens is 348 g/mol. The molecule has 1 aliphatic heterocycles. The third kappa shape index (κ3) is 3.99. The molecule has 1 aromatic heterocycles. The van der Waals surface area contributed by atoms with Crippen LogP contribution >= 0.6 is 0 Å². The largest absolute Gasteiger partial charge is 0.350 e. The molecule has 28 heavy (non-hydrogen) atoms. The Kier molecular flexibility index (Phi) is 5.53. The van der Waals surface area contributed by atoms with Gasteiger partial charge < -0.3 is 5.32 Å². The maximum Gasteiger partial charge on any atom is 0.251 e. The van der Waals surface area contributed by atoms with Gasteiger partial charge in [0.1, 0.15) is 0 Å². The van der Waals surface area contributed by atoms with Gasteiger partial charge in [0.15, 0.2) is 0 Å². The molecule has 1 saturated heterocycles. The van der Waals surface area contributed by atoms with Crippen LogP contribution in [0.5, 0.6) is 0 Å². The lowest BCUT2D eigenvalue weighted by Gasteiger charge is -2.28. The number of rotatable bonds is 6. The highest BCUT2D eigenvalue weighted by Crippen LogP contribution is 2.24. The first-order valence-electron chi connectivity index (χ1n) is 9.90. The molecule has 1 atom stereocenters. The molecule has 1 aliphatic rings. The van der Waals surface area contributed by atoms with Crippen molar-refractivity contribution in [3.63, 3.8) is 0 Å². The number of hydrogen-bond acceptors (Lipinski definition) is 3. The highest BCUT2D eigenvalue weighted by molar-refractivity contribution is 5.94. The van der Waals surface area contributed by atoms with Crippen molar-refractivity contribution in [1.29, 1.82) is 0 Å². The molecule has 0 saturated carbocycles. The molecule has 1 unspecified atom stereocenters. The van der Waals surface area contributed by atoms with Crippen LogP contribution in [0.2, 0.25) is 0 Å². The Balaban J connectivity index is 1.44. The number of carbonyl (C=O) groups excluding carboxylic acids is 1. The average Bonchev–Trinajstić information content (AvgIpc) is 3.41. The van der Waals surface area contributed by atoms with Gasteiger partial charge in [0, 0.05) is 24.0 Å².